The quantitative estimate of drug-likeness (QED) is 0.789. The third kappa shape index (κ3) is 1.62. The minimum Gasteiger partial charge on any atom is -0.481 e. The van der Waals surface area contributed by atoms with Gasteiger partial charge in [0.25, 0.3) is 0 Å². The highest BCUT2D eigenvalue weighted by atomic mass is 32.2. The van der Waals surface area contributed by atoms with Crippen molar-refractivity contribution in [3.05, 3.63) is 29.8 Å². The zero-order valence-electron chi connectivity index (χ0n) is 9.01. The van der Waals surface area contributed by atoms with Gasteiger partial charge < -0.3 is 10.2 Å². The largest absolute Gasteiger partial charge is 0.481 e. The molecule has 16 heavy (non-hydrogen) atoms. The summed E-state index contributed by atoms with van der Waals surface area (Å²) in [4.78, 5) is 12.4. The number of thioether (sulfide) groups is 1. The standard InChI is InChI=1S/C12H14O3S/c1-16-10-5-3-2-4-9(10)12(11(14)15)6-8(13)7-12/h2-5,8,13H,6-7H2,1H3,(H,14,15). The molecule has 0 heterocycles. The molecule has 0 spiro atoms. The summed E-state index contributed by atoms with van der Waals surface area (Å²) >= 11 is 1.55. The molecule has 86 valence electrons. The highest BCUT2D eigenvalue weighted by molar-refractivity contribution is 7.98. The van der Waals surface area contributed by atoms with Crippen molar-refractivity contribution >= 4 is 17.7 Å². The number of hydrogen-bond donors (Lipinski definition) is 2. The summed E-state index contributed by atoms with van der Waals surface area (Å²) in [5.41, 5.74) is -0.0424. The highest BCUT2D eigenvalue weighted by Crippen LogP contribution is 2.46. The van der Waals surface area contributed by atoms with Crippen LogP contribution in [0.25, 0.3) is 0 Å². The van der Waals surface area contributed by atoms with Gasteiger partial charge >= 0.3 is 5.97 Å². The molecular formula is C12H14O3S. The first-order valence-corrected chi connectivity index (χ1v) is 6.37. The van der Waals surface area contributed by atoms with E-state index in [9.17, 15) is 15.0 Å². The van der Waals surface area contributed by atoms with Gasteiger partial charge in [0, 0.05) is 4.90 Å². The van der Waals surface area contributed by atoms with E-state index in [2.05, 4.69) is 0 Å². The number of rotatable bonds is 3. The number of benzene rings is 1. The predicted molar refractivity (Wildman–Crippen MR) is 62.8 cm³/mol. The van der Waals surface area contributed by atoms with Crippen molar-refractivity contribution in [2.75, 3.05) is 6.26 Å². The molecule has 0 bridgehead atoms. The summed E-state index contributed by atoms with van der Waals surface area (Å²) < 4.78 is 0. The van der Waals surface area contributed by atoms with Crippen LogP contribution in [0.3, 0.4) is 0 Å². The van der Waals surface area contributed by atoms with E-state index in [0.29, 0.717) is 12.8 Å². The second kappa shape index (κ2) is 4.11. The van der Waals surface area contributed by atoms with Crippen LogP contribution in [0.2, 0.25) is 0 Å². The Morgan fingerprint density at radius 3 is 2.56 bits per heavy atom. The van der Waals surface area contributed by atoms with Crippen molar-refractivity contribution in [1.29, 1.82) is 0 Å². The van der Waals surface area contributed by atoms with E-state index in [1.54, 1.807) is 11.8 Å². The average molecular weight is 238 g/mol. The second-order valence-electron chi connectivity index (χ2n) is 4.15. The molecule has 0 amide bonds. The second-order valence-corrected chi connectivity index (χ2v) is 5.00. The third-order valence-corrected chi connectivity index (χ3v) is 4.00. The number of carbonyl (C=O) groups is 1. The maximum absolute atomic E-state index is 11.4. The van der Waals surface area contributed by atoms with Gasteiger partial charge in [-0.3, -0.25) is 4.79 Å². The Kier molecular flexibility index (Phi) is 2.95. The molecule has 0 radical (unpaired) electrons. The first kappa shape index (κ1) is 11.5. The molecule has 1 aliphatic rings. The summed E-state index contributed by atoms with van der Waals surface area (Å²) in [5, 5.41) is 18.7. The van der Waals surface area contributed by atoms with Crippen LogP contribution in [-0.4, -0.2) is 28.5 Å². The lowest BCUT2D eigenvalue weighted by Gasteiger charge is -2.42. The summed E-state index contributed by atoms with van der Waals surface area (Å²) in [6.07, 6.45) is 2.09. The average Bonchev–Trinajstić information content (AvgIpc) is 2.24. The molecule has 2 rings (SSSR count). The van der Waals surface area contributed by atoms with Crippen molar-refractivity contribution in [3.63, 3.8) is 0 Å². The van der Waals surface area contributed by atoms with E-state index < -0.39 is 17.5 Å². The highest BCUT2D eigenvalue weighted by Gasteiger charge is 2.52. The summed E-state index contributed by atoms with van der Waals surface area (Å²) in [7, 11) is 0. The fraction of sp³-hybridized carbons (Fsp3) is 0.417. The van der Waals surface area contributed by atoms with E-state index in [0.717, 1.165) is 10.5 Å². The van der Waals surface area contributed by atoms with Crippen LogP contribution in [0.1, 0.15) is 18.4 Å². The van der Waals surface area contributed by atoms with Crippen molar-refractivity contribution in [2.24, 2.45) is 0 Å². The molecule has 2 N–H and O–H groups in total. The van der Waals surface area contributed by atoms with Crippen LogP contribution in [0, 0.1) is 0 Å². The molecule has 1 aromatic carbocycles. The first-order valence-electron chi connectivity index (χ1n) is 5.15. The van der Waals surface area contributed by atoms with Crippen LogP contribution in [0.4, 0.5) is 0 Å². The van der Waals surface area contributed by atoms with Gasteiger partial charge in [-0.2, -0.15) is 0 Å². The Hall–Kier alpha value is -1.00. The lowest BCUT2D eigenvalue weighted by molar-refractivity contribution is -0.153. The van der Waals surface area contributed by atoms with E-state index in [4.69, 9.17) is 0 Å². The monoisotopic (exact) mass is 238 g/mol. The molecule has 4 heteroatoms. The molecule has 0 aromatic heterocycles. The minimum absolute atomic E-state index is 0.319. The number of aliphatic hydroxyl groups excluding tert-OH is 1. The summed E-state index contributed by atoms with van der Waals surface area (Å²) in [5.74, 6) is -0.834. The van der Waals surface area contributed by atoms with Crippen LogP contribution < -0.4 is 0 Å². The molecular weight excluding hydrogens is 224 g/mol. The SMILES string of the molecule is CSc1ccccc1C1(C(=O)O)CC(O)C1. The Bertz CT molecular complexity index is 410. The Labute approximate surface area is 98.5 Å². The Morgan fingerprint density at radius 1 is 1.44 bits per heavy atom. The molecule has 0 aliphatic heterocycles. The van der Waals surface area contributed by atoms with Crippen molar-refractivity contribution < 1.29 is 15.0 Å². The van der Waals surface area contributed by atoms with Gasteiger partial charge in [-0.25, -0.2) is 0 Å². The normalized spacial score (nSPS) is 28.5. The van der Waals surface area contributed by atoms with Crippen LogP contribution in [-0.2, 0) is 10.2 Å². The smallest absolute Gasteiger partial charge is 0.314 e. The maximum atomic E-state index is 11.4. The summed E-state index contributed by atoms with van der Waals surface area (Å²) in [6, 6.07) is 7.53. The Balaban J connectivity index is 2.44. The zero-order valence-corrected chi connectivity index (χ0v) is 9.83. The topological polar surface area (TPSA) is 57.5 Å². The molecule has 1 saturated carbocycles. The lowest BCUT2D eigenvalue weighted by Crippen LogP contribution is -2.50. The van der Waals surface area contributed by atoms with Gasteiger partial charge in [0.2, 0.25) is 0 Å². The van der Waals surface area contributed by atoms with Crippen LogP contribution in [0.5, 0.6) is 0 Å². The van der Waals surface area contributed by atoms with E-state index in [1.165, 1.54) is 0 Å². The van der Waals surface area contributed by atoms with Gasteiger partial charge in [0.05, 0.1) is 11.5 Å². The molecule has 3 nitrogen and oxygen atoms in total. The zero-order chi connectivity index (χ0) is 11.8. The van der Waals surface area contributed by atoms with Gasteiger partial charge in [0.1, 0.15) is 0 Å². The number of aliphatic hydroxyl groups is 1. The number of hydrogen-bond acceptors (Lipinski definition) is 3. The van der Waals surface area contributed by atoms with Crippen molar-refractivity contribution in [1.82, 2.24) is 0 Å². The minimum atomic E-state index is -0.876. The van der Waals surface area contributed by atoms with Crippen molar-refractivity contribution in [2.45, 2.75) is 29.3 Å². The van der Waals surface area contributed by atoms with E-state index in [1.807, 2.05) is 30.5 Å². The van der Waals surface area contributed by atoms with Gasteiger partial charge in [-0.1, -0.05) is 18.2 Å². The van der Waals surface area contributed by atoms with Gasteiger partial charge in [-0.05, 0) is 30.7 Å². The van der Waals surface area contributed by atoms with Crippen LogP contribution in [0.15, 0.2) is 29.2 Å². The lowest BCUT2D eigenvalue weighted by atomic mass is 9.63. The Morgan fingerprint density at radius 2 is 2.06 bits per heavy atom. The fourth-order valence-corrected chi connectivity index (χ4v) is 2.99. The molecule has 1 aromatic rings. The van der Waals surface area contributed by atoms with E-state index in [-0.39, 0.29) is 0 Å². The fourth-order valence-electron chi connectivity index (χ4n) is 2.29. The first-order chi connectivity index (χ1) is 7.60. The van der Waals surface area contributed by atoms with Gasteiger partial charge in [0.15, 0.2) is 0 Å². The third-order valence-electron chi connectivity index (χ3n) is 3.20. The maximum Gasteiger partial charge on any atom is 0.314 e. The molecule has 0 saturated heterocycles. The number of aliphatic carboxylic acids is 1. The van der Waals surface area contributed by atoms with E-state index >= 15 is 0 Å². The van der Waals surface area contributed by atoms with Crippen molar-refractivity contribution in [3.8, 4) is 0 Å². The number of carboxylic acid groups (broad SMARTS) is 1. The molecule has 0 atom stereocenters. The summed E-state index contributed by atoms with van der Waals surface area (Å²) in [6.45, 7) is 0. The van der Waals surface area contributed by atoms with Gasteiger partial charge in [-0.15, -0.1) is 11.8 Å². The molecule has 0 unspecified atom stereocenters. The molecule has 1 aliphatic carbocycles. The predicted octanol–water partition coefficient (Wildman–Crippen LogP) is 1.89. The number of carboxylic acids is 1. The van der Waals surface area contributed by atoms with Crippen LogP contribution >= 0.6 is 11.8 Å². The molecule has 1 fully saturated rings.